The SMILES string of the molecule is CN=C(NCCS(=O)(=O)N1CCSCC1)NC1CCN(c2ccccn2)CC1.I. The third kappa shape index (κ3) is 7.44. The molecule has 0 saturated carbocycles. The van der Waals surface area contributed by atoms with Crippen molar-refractivity contribution in [1.82, 2.24) is 19.9 Å². The van der Waals surface area contributed by atoms with Crippen LogP contribution in [0, 0.1) is 0 Å². The monoisotopic (exact) mass is 554 g/mol. The standard InChI is InChI=1S/C18H30N6O2S2.HI/c1-19-18(21-8-15-28(25,26)24-11-13-27-14-12-24)22-16-5-9-23(10-6-16)17-4-2-3-7-20-17;/h2-4,7,16H,5-6,8-15H2,1H3,(H2,19,21,22);1H. The van der Waals surface area contributed by atoms with Crippen molar-refractivity contribution in [2.24, 2.45) is 4.99 Å². The number of piperidine rings is 1. The molecule has 3 heterocycles. The van der Waals surface area contributed by atoms with Gasteiger partial charge in [-0.1, -0.05) is 6.07 Å². The van der Waals surface area contributed by atoms with E-state index >= 15 is 0 Å². The molecule has 0 aromatic carbocycles. The van der Waals surface area contributed by atoms with E-state index in [1.54, 1.807) is 11.4 Å². The summed E-state index contributed by atoms with van der Waals surface area (Å²) in [5, 5.41) is 6.58. The number of halogens is 1. The van der Waals surface area contributed by atoms with Crippen LogP contribution in [0.2, 0.25) is 0 Å². The molecular weight excluding hydrogens is 523 g/mol. The van der Waals surface area contributed by atoms with E-state index in [1.807, 2.05) is 36.2 Å². The van der Waals surface area contributed by atoms with Crippen molar-refractivity contribution in [3.8, 4) is 0 Å². The summed E-state index contributed by atoms with van der Waals surface area (Å²) in [5.41, 5.74) is 0. The molecule has 0 radical (unpaired) electrons. The van der Waals surface area contributed by atoms with E-state index in [9.17, 15) is 8.42 Å². The number of anilines is 1. The molecule has 3 rings (SSSR count). The molecule has 0 atom stereocenters. The van der Waals surface area contributed by atoms with Gasteiger partial charge in [0.2, 0.25) is 10.0 Å². The highest BCUT2D eigenvalue weighted by molar-refractivity contribution is 14.0. The van der Waals surface area contributed by atoms with Gasteiger partial charge in [0.05, 0.1) is 5.75 Å². The van der Waals surface area contributed by atoms with Gasteiger partial charge in [-0.3, -0.25) is 4.99 Å². The van der Waals surface area contributed by atoms with Crippen LogP contribution in [0.1, 0.15) is 12.8 Å². The minimum atomic E-state index is -3.20. The van der Waals surface area contributed by atoms with E-state index in [0.717, 1.165) is 43.3 Å². The third-order valence-electron chi connectivity index (χ3n) is 5.05. The maximum absolute atomic E-state index is 12.4. The average Bonchev–Trinajstić information content (AvgIpc) is 2.74. The predicted octanol–water partition coefficient (Wildman–Crippen LogP) is 1.21. The molecule has 1 aromatic heterocycles. The highest BCUT2D eigenvalue weighted by Crippen LogP contribution is 2.17. The Morgan fingerprint density at radius 3 is 2.59 bits per heavy atom. The number of rotatable bonds is 6. The molecule has 2 fully saturated rings. The molecule has 0 aliphatic carbocycles. The summed E-state index contributed by atoms with van der Waals surface area (Å²) in [6.45, 7) is 3.47. The van der Waals surface area contributed by atoms with Gasteiger partial charge in [0.15, 0.2) is 5.96 Å². The molecule has 8 nitrogen and oxygen atoms in total. The van der Waals surface area contributed by atoms with Crippen LogP contribution in [0.15, 0.2) is 29.4 Å². The summed E-state index contributed by atoms with van der Waals surface area (Å²) in [4.78, 5) is 11.0. The van der Waals surface area contributed by atoms with Gasteiger partial charge in [-0.2, -0.15) is 11.8 Å². The number of aromatic nitrogens is 1. The Hall–Kier alpha value is -0.790. The molecule has 0 amide bonds. The van der Waals surface area contributed by atoms with Crippen molar-refractivity contribution < 1.29 is 8.42 Å². The van der Waals surface area contributed by atoms with Crippen molar-refractivity contribution in [2.45, 2.75) is 18.9 Å². The van der Waals surface area contributed by atoms with Crippen LogP contribution in [-0.4, -0.2) is 86.7 Å². The molecule has 0 unspecified atom stereocenters. The Labute approximate surface area is 195 Å². The van der Waals surface area contributed by atoms with Gasteiger partial charge in [-0.15, -0.1) is 24.0 Å². The summed E-state index contributed by atoms with van der Waals surface area (Å²) >= 11 is 1.81. The molecule has 0 spiro atoms. The van der Waals surface area contributed by atoms with Crippen LogP contribution >= 0.6 is 35.7 Å². The van der Waals surface area contributed by atoms with E-state index in [-0.39, 0.29) is 29.7 Å². The van der Waals surface area contributed by atoms with Crippen molar-refractivity contribution in [3.63, 3.8) is 0 Å². The highest BCUT2D eigenvalue weighted by atomic mass is 127. The number of sulfonamides is 1. The highest BCUT2D eigenvalue weighted by Gasteiger charge is 2.24. The number of nitrogens with one attached hydrogen (secondary N) is 2. The maximum atomic E-state index is 12.4. The van der Waals surface area contributed by atoms with Crippen molar-refractivity contribution in [2.75, 3.05) is 61.9 Å². The average molecular weight is 555 g/mol. The van der Waals surface area contributed by atoms with Gasteiger partial charge in [0.1, 0.15) is 5.82 Å². The molecule has 2 N–H and O–H groups in total. The lowest BCUT2D eigenvalue weighted by Gasteiger charge is -2.33. The summed E-state index contributed by atoms with van der Waals surface area (Å²) in [6.07, 6.45) is 3.80. The molecule has 1 aromatic rings. The Kier molecular flexibility index (Phi) is 10.3. The van der Waals surface area contributed by atoms with E-state index in [4.69, 9.17) is 0 Å². The zero-order chi connectivity index (χ0) is 19.8. The predicted molar refractivity (Wildman–Crippen MR) is 132 cm³/mol. The number of nitrogens with zero attached hydrogens (tertiary/aromatic N) is 4. The number of hydrogen-bond donors (Lipinski definition) is 2. The maximum Gasteiger partial charge on any atom is 0.215 e. The van der Waals surface area contributed by atoms with Crippen LogP contribution in [0.5, 0.6) is 0 Å². The van der Waals surface area contributed by atoms with E-state index in [1.165, 1.54) is 0 Å². The second-order valence-electron chi connectivity index (χ2n) is 6.92. The Balaban J connectivity index is 0.00000300. The van der Waals surface area contributed by atoms with Gasteiger partial charge in [-0.25, -0.2) is 17.7 Å². The zero-order valence-electron chi connectivity index (χ0n) is 16.8. The number of aliphatic imine (C=N–C) groups is 1. The number of pyridine rings is 1. The topological polar surface area (TPSA) is 89.9 Å². The van der Waals surface area contributed by atoms with Crippen LogP contribution in [0.25, 0.3) is 0 Å². The molecule has 11 heteroatoms. The summed E-state index contributed by atoms with van der Waals surface area (Å²) < 4.78 is 26.4. The lowest BCUT2D eigenvalue weighted by molar-refractivity contribution is 0.442. The van der Waals surface area contributed by atoms with Gasteiger partial charge in [-0.05, 0) is 25.0 Å². The normalized spacial score (nSPS) is 19.5. The van der Waals surface area contributed by atoms with Crippen LogP contribution in [-0.2, 0) is 10.0 Å². The second-order valence-corrected chi connectivity index (χ2v) is 10.2. The molecule has 0 bridgehead atoms. The molecule has 164 valence electrons. The Morgan fingerprint density at radius 2 is 1.97 bits per heavy atom. The largest absolute Gasteiger partial charge is 0.356 e. The number of hydrogen-bond acceptors (Lipinski definition) is 6. The Bertz CT molecular complexity index is 736. The van der Waals surface area contributed by atoms with Gasteiger partial charge in [0, 0.05) is 63.5 Å². The van der Waals surface area contributed by atoms with Crippen molar-refractivity contribution in [3.05, 3.63) is 24.4 Å². The summed E-state index contributed by atoms with van der Waals surface area (Å²) in [6, 6.07) is 6.30. The summed E-state index contributed by atoms with van der Waals surface area (Å²) in [5.74, 6) is 3.54. The molecule has 2 aliphatic heterocycles. The number of guanidine groups is 1. The fourth-order valence-electron chi connectivity index (χ4n) is 3.43. The smallest absolute Gasteiger partial charge is 0.215 e. The van der Waals surface area contributed by atoms with E-state index in [2.05, 4.69) is 25.5 Å². The molecule has 29 heavy (non-hydrogen) atoms. The molecular formula is C18H31IN6O2S2. The third-order valence-corrected chi connectivity index (χ3v) is 7.86. The van der Waals surface area contributed by atoms with E-state index in [0.29, 0.717) is 31.6 Å². The van der Waals surface area contributed by atoms with Gasteiger partial charge < -0.3 is 15.5 Å². The minimum Gasteiger partial charge on any atom is -0.356 e. The van der Waals surface area contributed by atoms with Gasteiger partial charge in [0.25, 0.3) is 0 Å². The first-order chi connectivity index (χ1) is 13.6. The van der Waals surface area contributed by atoms with Crippen LogP contribution in [0.4, 0.5) is 5.82 Å². The minimum absolute atomic E-state index is 0. The first kappa shape index (κ1) is 24.5. The Morgan fingerprint density at radius 1 is 1.24 bits per heavy atom. The molecule has 2 aliphatic rings. The molecule has 2 saturated heterocycles. The lowest BCUT2D eigenvalue weighted by atomic mass is 10.1. The first-order valence-corrected chi connectivity index (χ1v) is 12.5. The van der Waals surface area contributed by atoms with E-state index < -0.39 is 10.0 Å². The quantitative estimate of drug-likeness (QED) is 0.311. The first-order valence-electron chi connectivity index (χ1n) is 9.77. The lowest BCUT2D eigenvalue weighted by Crippen LogP contribution is -2.50. The zero-order valence-corrected chi connectivity index (χ0v) is 20.8. The fraction of sp³-hybridized carbons (Fsp3) is 0.667. The van der Waals surface area contributed by atoms with Crippen LogP contribution < -0.4 is 15.5 Å². The van der Waals surface area contributed by atoms with Gasteiger partial charge >= 0.3 is 0 Å². The summed E-state index contributed by atoms with van der Waals surface area (Å²) in [7, 11) is -1.48. The second kappa shape index (κ2) is 12.2. The number of thioether (sulfide) groups is 1. The van der Waals surface area contributed by atoms with Crippen LogP contribution in [0.3, 0.4) is 0 Å². The fourth-order valence-corrected chi connectivity index (χ4v) is 5.93. The van der Waals surface area contributed by atoms with Crippen molar-refractivity contribution >= 4 is 57.5 Å². The van der Waals surface area contributed by atoms with Crippen molar-refractivity contribution in [1.29, 1.82) is 0 Å².